The first kappa shape index (κ1) is 14.0. The standard InChI is InChI=1S/C13H21NO3/c1-13(16,10-14)7-9-17-12-4-2-11(3-5-12)6-8-15/h2-5,15-16H,6-10,14H2,1H3. The van der Waals surface area contributed by atoms with Gasteiger partial charge < -0.3 is 20.7 Å². The van der Waals surface area contributed by atoms with Gasteiger partial charge in [-0.3, -0.25) is 0 Å². The molecule has 0 saturated heterocycles. The van der Waals surface area contributed by atoms with Crippen LogP contribution >= 0.6 is 0 Å². The van der Waals surface area contributed by atoms with E-state index in [1.165, 1.54) is 0 Å². The van der Waals surface area contributed by atoms with Gasteiger partial charge in [-0.2, -0.15) is 0 Å². The zero-order chi connectivity index (χ0) is 12.7. The van der Waals surface area contributed by atoms with Gasteiger partial charge in [0, 0.05) is 19.6 Å². The quantitative estimate of drug-likeness (QED) is 0.654. The van der Waals surface area contributed by atoms with Gasteiger partial charge in [0.05, 0.1) is 12.2 Å². The molecule has 4 heteroatoms. The Hall–Kier alpha value is -1.10. The van der Waals surface area contributed by atoms with Crippen LogP contribution in [0.3, 0.4) is 0 Å². The zero-order valence-electron chi connectivity index (χ0n) is 10.2. The van der Waals surface area contributed by atoms with Gasteiger partial charge in [0.15, 0.2) is 0 Å². The van der Waals surface area contributed by atoms with Crippen LogP contribution in [0.1, 0.15) is 18.9 Å². The molecule has 1 unspecified atom stereocenters. The van der Waals surface area contributed by atoms with Crippen LogP contribution in [-0.4, -0.2) is 35.6 Å². The van der Waals surface area contributed by atoms with Crippen LogP contribution < -0.4 is 10.5 Å². The molecular weight excluding hydrogens is 218 g/mol. The lowest BCUT2D eigenvalue weighted by Gasteiger charge is -2.20. The first-order valence-electron chi connectivity index (χ1n) is 5.82. The molecule has 4 nitrogen and oxygen atoms in total. The molecule has 0 aliphatic carbocycles. The molecule has 0 radical (unpaired) electrons. The van der Waals surface area contributed by atoms with Gasteiger partial charge in [-0.05, 0) is 31.0 Å². The summed E-state index contributed by atoms with van der Waals surface area (Å²) in [5.41, 5.74) is 5.62. The van der Waals surface area contributed by atoms with Gasteiger partial charge in [-0.15, -0.1) is 0 Å². The lowest BCUT2D eigenvalue weighted by atomic mass is 10.0. The smallest absolute Gasteiger partial charge is 0.119 e. The Balaban J connectivity index is 2.37. The Labute approximate surface area is 102 Å². The van der Waals surface area contributed by atoms with Crippen molar-refractivity contribution < 1.29 is 14.9 Å². The van der Waals surface area contributed by atoms with E-state index in [0.717, 1.165) is 11.3 Å². The predicted octanol–water partition coefficient (Wildman–Crippen LogP) is 0.700. The summed E-state index contributed by atoms with van der Waals surface area (Å²) in [6.45, 7) is 2.51. The molecule has 0 aliphatic rings. The number of benzene rings is 1. The lowest BCUT2D eigenvalue weighted by molar-refractivity contribution is 0.0453. The molecule has 0 aliphatic heterocycles. The molecule has 0 heterocycles. The van der Waals surface area contributed by atoms with Crippen molar-refractivity contribution in [1.29, 1.82) is 0 Å². The van der Waals surface area contributed by atoms with Crippen LogP contribution in [0, 0.1) is 0 Å². The van der Waals surface area contributed by atoms with Crippen LogP contribution in [0.2, 0.25) is 0 Å². The molecule has 0 amide bonds. The highest BCUT2D eigenvalue weighted by Crippen LogP contribution is 2.14. The van der Waals surface area contributed by atoms with E-state index >= 15 is 0 Å². The summed E-state index contributed by atoms with van der Waals surface area (Å²) in [5.74, 6) is 0.763. The van der Waals surface area contributed by atoms with Crippen LogP contribution in [0.15, 0.2) is 24.3 Å². The fourth-order valence-electron chi connectivity index (χ4n) is 1.37. The normalized spacial score (nSPS) is 14.4. The average molecular weight is 239 g/mol. The number of aliphatic hydroxyl groups is 2. The number of rotatable bonds is 7. The van der Waals surface area contributed by atoms with Gasteiger partial charge in [0.25, 0.3) is 0 Å². The monoisotopic (exact) mass is 239 g/mol. The van der Waals surface area contributed by atoms with Crippen molar-refractivity contribution >= 4 is 0 Å². The van der Waals surface area contributed by atoms with E-state index in [4.69, 9.17) is 15.6 Å². The first-order valence-corrected chi connectivity index (χ1v) is 5.82. The van der Waals surface area contributed by atoms with E-state index in [2.05, 4.69) is 0 Å². The van der Waals surface area contributed by atoms with Gasteiger partial charge in [-0.25, -0.2) is 0 Å². The fourth-order valence-corrected chi connectivity index (χ4v) is 1.37. The van der Waals surface area contributed by atoms with Crippen molar-refractivity contribution in [2.45, 2.75) is 25.4 Å². The highest BCUT2D eigenvalue weighted by Gasteiger charge is 2.17. The van der Waals surface area contributed by atoms with E-state index < -0.39 is 5.60 Å². The first-order chi connectivity index (χ1) is 8.07. The summed E-state index contributed by atoms with van der Waals surface area (Å²) in [7, 11) is 0. The zero-order valence-corrected chi connectivity index (χ0v) is 10.2. The molecule has 1 atom stereocenters. The Morgan fingerprint density at radius 1 is 1.29 bits per heavy atom. The third-order valence-electron chi connectivity index (χ3n) is 2.67. The summed E-state index contributed by atoms with van der Waals surface area (Å²) in [5, 5.41) is 18.5. The number of hydrogen-bond acceptors (Lipinski definition) is 4. The summed E-state index contributed by atoms with van der Waals surface area (Å²) >= 11 is 0. The van der Waals surface area contributed by atoms with Crippen LogP contribution in [-0.2, 0) is 6.42 Å². The molecular formula is C13H21NO3. The van der Waals surface area contributed by atoms with E-state index in [0.29, 0.717) is 19.4 Å². The molecule has 17 heavy (non-hydrogen) atoms. The highest BCUT2D eigenvalue weighted by atomic mass is 16.5. The second kappa shape index (κ2) is 6.59. The van der Waals surface area contributed by atoms with Crippen LogP contribution in [0.25, 0.3) is 0 Å². The minimum atomic E-state index is -0.864. The van der Waals surface area contributed by atoms with Gasteiger partial charge in [-0.1, -0.05) is 12.1 Å². The van der Waals surface area contributed by atoms with E-state index in [1.807, 2.05) is 24.3 Å². The largest absolute Gasteiger partial charge is 0.493 e. The second-order valence-electron chi connectivity index (χ2n) is 4.42. The Morgan fingerprint density at radius 3 is 2.47 bits per heavy atom. The minimum absolute atomic E-state index is 0.152. The van der Waals surface area contributed by atoms with Crippen molar-refractivity contribution in [3.05, 3.63) is 29.8 Å². The van der Waals surface area contributed by atoms with Crippen molar-refractivity contribution in [1.82, 2.24) is 0 Å². The summed E-state index contributed by atoms with van der Waals surface area (Å²) in [6, 6.07) is 7.57. The molecule has 96 valence electrons. The van der Waals surface area contributed by atoms with Crippen molar-refractivity contribution in [3.8, 4) is 5.75 Å². The molecule has 1 rings (SSSR count). The molecule has 0 spiro atoms. The van der Waals surface area contributed by atoms with E-state index in [-0.39, 0.29) is 13.2 Å². The lowest BCUT2D eigenvalue weighted by Crippen LogP contribution is -2.35. The topological polar surface area (TPSA) is 75.7 Å². The number of hydrogen-bond donors (Lipinski definition) is 3. The SMILES string of the molecule is CC(O)(CN)CCOc1ccc(CCO)cc1. The van der Waals surface area contributed by atoms with Gasteiger partial charge >= 0.3 is 0 Å². The average Bonchev–Trinajstić information content (AvgIpc) is 2.32. The highest BCUT2D eigenvalue weighted by molar-refractivity contribution is 5.27. The van der Waals surface area contributed by atoms with Gasteiger partial charge in [0.2, 0.25) is 0 Å². The maximum absolute atomic E-state index is 9.68. The van der Waals surface area contributed by atoms with E-state index in [9.17, 15) is 5.11 Å². The van der Waals surface area contributed by atoms with Crippen molar-refractivity contribution in [2.24, 2.45) is 5.73 Å². The molecule has 1 aromatic rings. The Kier molecular flexibility index (Phi) is 5.41. The summed E-state index contributed by atoms with van der Waals surface area (Å²) < 4.78 is 5.50. The third-order valence-corrected chi connectivity index (χ3v) is 2.67. The number of ether oxygens (including phenoxy) is 1. The fraction of sp³-hybridized carbons (Fsp3) is 0.538. The minimum Gasteiger partial charge on any atom is -0.493 e. The summed E-state index contributed by atoms with van der Waals surface area (Å²) in [6.07, 6.45) is 1.16. The predicted molar refractivity (Wildman–Crippen MR) is 67.0 cm³/mol. The van der Waals surface area contributed by atoms with Crippen LogP contribution in [0.5, 0.6) is 5.75 Å². The molecule has 4 N–H and O–H groups in total. The van der Waals surface area contributed by atoms with Crippen molar-refractivity contribution in [2.75, 3.05) is 19.8 Å². The van der Waals surface area contributed by atoms with Gasteiger partial charge in [0.1, 0.15) is 5.75 Å². The van der Waals surface area contributed by atoms with E-state index in [1.54, 1.807) is 6.92 Å². The molecule has 0 aromatic heterocycles. The molecule has 0 bridgehead atoms. The molecule has 0 saturated carbocycles. The number of aliphatic hydroxyl groups excluding tert-OH is 1. The van der Waals surface area contributed by atoms with Crippen LogP contribution in [0.4, 0.5) is 0 Å². The maximum Gasteiger partial charge on any atom is 0.119 e. The maximum atomic E-state index is 9.68. The Morgan fingerprint density at radius 2 is 1.94 bits per heavy atom. The second-order valence-corrected chi connectivity index (χ2v) is 4.42. The third kappa shape index (κ3) is 5.17. The molecule has 0 fully saturated rings. The summed E-state index contributed by atoms with van der Waals surface area (Å²) in [4.78, 5) is 0. The Bertz CT molecular complexity index is 322. The molecule has 1 aromatic carbocycles. The number of nitrogens with two attached hydrogens (primary N) is 1. The van der Waals surface area contributed by atoms with Crippen molar-refractivity contribution in [3.63, 3.8) is 0 Å².